The van der Waals surface area contributed by atoms with Gasteiger partial charge in [-0.05, 0) is 11.5 Å². The van der Waals surface area contributed by atoms with E-state index >= 15 is 0 Å². The summed E-state index contributed by atoms with van der Waals surface area (Å²) in [5.41, 5.74) is 8.87. The van der Waals surface area contributed by atoms with E-state index in [1.54, 1.807) is 24.3 Å². The molecule has 25 heavy (non-hydrogen) atoms. The zero-order valence-corrected chi connectivity index (χ0v) is 12.9. The van der Waals surface area contributed by atoms with Gasteiger partial charge in [0.2, 0.25) is 11.8 Å². The van der Waals surface area contributed by atoms with Crippen LogP contribution < -0.4 is 22.7 Å². The summed E-state index contributed by atoms with van der Waals surface area (Å²) in [6.45, 7) is 0. The lowest BCUT2D eigenvalue weighted by molar-refractivity contribution is 0.430. The van der Waals surface area contributed by atoms with Crippen molar-refractivity contribution < 1.29 is 5.11 Å². The second-order valence-corrected chi connectivity index (χ2v) is 5.10. The molecule has 1 heterocycles. The molecular formula is C16H14N6O3. The van der Waals surface area contributed by atoms with E-state index in [0.29, 0.717) is 5.69 Å². The number of rotatable bonds is 3. The molecule has 0 aliphatic rings. The predicted molar refractivity (Wildman–Crippen MR) is 95.2 cm³/mol. The van der Waals surface area contributed by atoms with Crippen molar-refractivity contribution in [2.24, 2.45) is 21.7 Å². The van der Waals surface area contributed by atoms with Gasteiger partial charge in [-0.1, -0.05) is 36.4 Å². The Morgan fingerprint density at radius 3 is 2.60 bits per heavy atom. The Morgan fingerprint density at radius 1 is 1.12 bits per heavy atom. The maximum atomic E-state index is 12.3. The number of nitrogens with zero attached hydrogens (tertiary/aromatic N) is 3. The van der Waals surface area contributed by atoms with E-state index in [1.807, 2.05) is 18.2 Å². The van der Waals surface area contributed by atoms with Crippen LogP contribution in [0.25, 0.3) is 16.5 Å². The number of fused-ring (bicyclic) bond motifs is 1. The molecule has 126 valence electrons. The summed E-state index contributed by atoms with van der Waals surface area (Å²) in [5, 5.41) is 18.9. The van der Waals surface area contributed by atoms with Gasteiger partial charge in [-0.2, -0.15) is 5.10 Å². The maximum absolute atomic E-state index is 12.3. The zero-order valence-electron chi connectivity index (χ0n) is 12.9. The summed E-state index contributed by atoms with van der Waals surface area (Å²) < 4.78 is 0.987. The Kier molecular flexibility index (Phi) is 4.04. The molecule has 0 amide bonds. The quantitative estimate of drug-likeness (QED) is 0.301. The Morgan fingerprint density at radius 2 is 1.84 bits per heavy atom. The van der Waals surface area contributed by atoms with Crippen LogP contribution >= 0.6 is 0 Å². The molecule has 0 saturated carbocycles. The number of guanidine groups is 1. The number of nitrogens with two attached hydrogens (primary N) is 2. The smallest absolute Gasteiger partial charge is 0.335 e. The van der Waals surface area contributed by atoms with Gasteiger partial charge >= 0.3 is 5.69 Å². The molecule has 0 unspecified atom stereocenters. The number of aromatic amines is 1. The lowest BCUT2D eigenvalue weighted by atomic mass is 10.1. The first-order chi connectivity index (χ1) is 12.0. The van der Waals surface area contributed by atoms with Crippen molar-refractivity contribution in [3.8, 4) is 11.6 Å². The van der Waals surface area contributed by atoms with Crippen molar-refractivity contribution in [3.05, 3.63) is 68.9 Å². The third-order valence-corrected chi connectivity index (χ3v) is 3.49. The van der Waals surface area contributed by atoms with Gasteiger partial charge in [-0.25, -0.2) is 9.36 Å². The van der Waals surface area contributed by atoms with Gasteiger partial charge in [-0.15, -0.1) is 5.10 Å². The molecule has 3 rings (SSSR count). The van der Waals surface area contributed by atoms with Gasteiger partial charge in [0.15, 0.2) is 0 Å². The molecule has 2 aromatic carbocycles. The molecule has 6 N–H and O–H groups in total. The molecule has 0 aliphatic heterocycles. The van der Waals surface area contributed by atoms with Crippen LogP contribution in [0.5, 0.6) is 5.88 Å². The number of benzene rings is 2. The molecule has 0 spiro atoms. The van der Waals surface area contributed by atoms with E-state index in [4.69, 9.17) is 11.5 Å². The highest BCUT2D eigenvalue weighted by molar-refractivity contribution is 5.91. The monoisotopic (exact) mass is 338 g/mol. The molecule has 9 nitrogen and oxygen atoms in total. The van der Waals surface area contributed by atoms with Gasteiger partial charge in [0.05, 0.1) is 11.9 Å². The first-order valence-electron chi connectivity index (χ1n) is 7.17. The molecule has 0 bridgehead atoms. The fourth-order valence-electron chi connectivity index (χ4n) is 2.43. The highest BCUT2D eigenvalue weighted by Crippen LogP contribution is 2.24. The summed E-state index contributed by atoms with van der Waals surface area (Å²) in [5.74, 6) is -0.880. The van der Waals surface area contributed by atoms with Crippen molar-refractivity contribution in [2.75, 3.05) is 0 Å². The molecule has 0 atom stereocenters. The lowest BCUT2D eigenvalue weighted by Crippen LogP contribution is -2.31. The lowest BCUT2D eigenvalue weighted by Gasteiger charge is -2.12. The summed E-state index contributed by atoms with van der Waals surface area (Å²) in [7, 11) is 0. The van der Waals surface area contributed by atoms with Crippen LogP contribution in [0.4, 0.5) is 0 Å². The molecule has 9 heteroatoms. The molecule has 0 radical (unpaired) electrons. The average molecular weight is 338 g/mol. The first kappa shape index (κ1) is 16.0. The zero-order chi connectivity index (χ0) is 18.0. The number of nitrogens with one attached hydrogen (secondary N) is 1. The molecule has 0 saturated heterocycles. The van der Waals surface area contributed by atoms with E-state index in [2.05, 4.69) is 15.2 Å². The fourth-order valence-corrected chi connectivity index (χ4v) is 2.43. The van der Waals surface area contributed by atoms with Crippen LogP contribution in [0.2, 0.25) is 0 Å². The van der Waals surface area contributed by atoms with Crippen molar-refractivity contribution in [2.45, 2.75) is 0 Å². The normalized spacial score (nSPS) is 11.0. The van der Waals surface area contributed by atoms with E-state index < -0.39 is 17.1 Å². The van der Waals surface area contributed by atoms with Crippen molar-refractivity contribution in [1.29, 1.82) is 0 Å². The van der Waals surface area contributed by atoms with E-state index in [0.717, 1.165) is 21.6 Å². The summed E-state index contributed by atoms with van der Waals surface area (Å²) in [6, 6.07) is 12.6. The van der Waals surface area contributed by atoms with Gasteiger partial charge in [-0.3, -0.25) is 9.78 Å². The van der Waals surface area contributed by atoms with Crippen molar-refractivity contribution >= 4 is 22.9 Å². The SMILES string of the molecule is NC(N)=NN=Cc1c(O)n(-c2cccc3ccccc23)c(=O)[nH]c1=O. The Hall–Kier alpha value is -3.88. The maximum Gasteiger partial charge on any atom is 0.335 e. The third-order valence-electron chi connectivity index (χ3n) is 3.49. The largest absolute Gasteiger partial charge is 0.493 e. The van der Waals surface area contributed by atoms with Gasteiger partial charge in [0, 0.05) is 5.39 Å². The number of aromatic hydroxyl groups is 1. The summed E-state index contributed by atoms with van der Waals surface area (Å²) >= 11 is 0. The summed E-state index contributed by atoms with van der Waals surface area (Å²) in [6.07, 6.45) is 0.967. The van der Waals surface area contributed by atoms with Crippen LogP contribution in [-0.4, -0.2) is 26.8 Å². The second kappa shape index (κ2) is 6.32. The fraction of sp³-hybridized carbons (Fsp3) is 0. The second-order valence-electron chi connectivity index (χ2n) is 5.10. The van der Waals surface area contributed by atoms with Crippen LogP contribution in [0.1, 0.15) is 5.56 Å². The number of hydrogen-bond donors (Lipinski definition) is 4. The minimum absolute atomic E-state index is 0.252. The highest BCUT2D eigenvalue weighted by Gasteiger charge is 2.15. The molecule has 3 aromatic rings. The number of aromatic nitrogens is 2. The Balaban J connectivity index is 2.30. The standard InChI is InChI=1S/C16H14N6O3/c17-15(18)21-19-8-11-13(23)20-16(25)22(14(11)24)12-7-3-5-9-4-1-2-6-10(9)12/h1-8,24H,(H4,17,18,21)(H,20,23,25). The first-order valence-corrected chi connectivity index (χ1v) is 7.17. The summed E-state index contributed by atoms with van der Waals surface area (Å²) in [4.78, 5) is 26.4. The number of hydrogen-bond acceptors (Lipinski definition) is 5. The average Bonchev–Trinajstić information content (AvgIpc) is 2.57. The van der Waals surface area contributed by atoms with Crippen LogP contribution in [-0.2, 0) is 0 Å². The molecular weight excluding hydrogens is 324 g/mol. The Labute approximate surface area is 140 Å². The highest BCUT2D eigenvalue weighted by atomic mass is 16.3. The number of H-pyrrole nitrogens is 1. The molecule has 1 aromatic heterocycles. The minimum atomic E-state index is -0.812. The van der Waals surface area contributed by atoms with E-state index in [1.165, 1.54) is 0 Å². The molecule has 0 aliphatic carbocycles. The van der Waals surface area contributed by atoms with Gasteiger partial charge in [0.25, 0.3) is 5.56 Å². The topological polar surface area (TPSA) is 152 Å². The Bertz CT molecular complexity index is 1120. The predicted octanol–water partition coefficient (Wildman–Crippen LogP) is -0.00810. The van der Waals surface area contributed by atoms with Gasteiger partial charge in [0.1, 0.15) is 5.56 Å². The van der Waals surface area contributed by atoms with Crippen molar-refractivity contribution in [1.82, 2.24) is 9.55 Å². The van der Waals surface area contributed by atoms with Crippen LogP contribution in [0, 0.1) is 0 Å². The van der Waals surface area contributed by atoms with Crippen LogP contribution in [0.15, 0.2) is 62.3 Å². The van der Waals surface area contributed by atoms with E-state index in [-0.39, 0.29) is 11.5 Å². The minimum Gasteiger partial charge on any atom is -0.493 e. The third kappa shape index (κ3) is 2.98. The van der Waals surface area contributed by atoms with Crippen LogP contribution in [0.3, 0.4) is 0 Å². The molecule has 0 fully saturated rings. The van der Waals surface area contributed by atoms with Crippen molar-refractivity contribution in [3.63, 3.8) is 0 Å². The van der Waals surface area contributed by atoms with Gasteiger partial charge < -0.3 is 16.6 Å². The van der Waals surface area contributed by atoms with E-state index in [9.17, 15) is 14.7 Å².